The molecule has 0 saturated heterocycles. The van der Waals surface area contributed by atoms with E-state index in [0.717, 1.165) is 59.2 Å². The second-order valence-electron chi connectivity index (χ2n) is 15.0. The van der Waals surface area contributed by atoms with Crippen LogP contribution in [0.4, 0.5) is 0 Å². The molecule has 4 heterocycles. The highest BCUT2D eigenvalue weighted by molar-refractivity contribution is 7.26. The van der Waals surface area contributed by atoms with Crippen molar-refractivity contribution in [2.45, 2.75) is 13.8 Å². The molecule has 0 amide bonds. The molecule has 10 rings (SSSR count). The molecule has 0 fully saturated rings. The van der Waals surface area contributed by atoms with Gasteiger partial charge in [0, 0.05) is 70.2 Å². The van der Waals surface area contributed by atoms with Crippen LogP contribution in [0.2, 0.25) is 0 Å². The highest BCUT2D eigenvalue weighted by Crippen LogP contribution is 2.45. The van der Waals surface area contributed by atoms with Gasteiger partial charge in [0.2, 0.25) is 11.4 Å². The maximum absolute atomic E-state index is 10.6. The van der Waals surface area contributed by atoms with Gasteiger partial charge in [-0.25, -0.2) is 9.13 Å². The summed E-state index contributed by atoms with van der Waals surface area (Å²) in [6.45, 7) is 4.35. The van der Waals surface area contributed by atoms with Crippen molar-refractivity contribution in [1.29, 1.82) is 10.5 Å². The fourth-order valence-electron chi connectivity index (χ4n) is 8.53. The Hall–Kier alpha value is -6.96. The first-order chi connectivity index (χ1) is 28.3. The minimum atomic E-state index is 0.662. The van der Waals surface area contributed by atoms with E-state index in [1.165, 1.54) is 48.2 Å². The molecule has 0 aliphatic rings. The van der Waals surface area contributed by atoms with E-state index in [2.05, 4.69) is 183 Å². The van der Waals surface area contributed by atoms with Gasteiger partial charge in [-0.05, 0) is 83.1 Å². The van der Waals surface area contributed by atoms with Gasteiger partial charge in [0.05, 0.1) is 34.4 Å². The summed E-state index contributed by atoms with van der Waals surface area (Å²) in [5, 5.41) is 25.0. The van der Waals surface area contributed by atoms with Gasteiger partial charge in [0.1, 0.15) is 14.1 Å². The van der Waals surface area contributed by atoms with Crippen molar-refractivity contribution >= 4 is 63.0 Å². The predicted molar refractivity (Wildman–Crippen MR) is 241 cm³/mol. The van der Waals surface area contributed by atoms with Gasteiger partial charge >= 0.3 is 0 Å². The van der Waals surface area contributed by atoms with Gasteiger partial charge in [-0.1, -0.05) is 78.9 Å². The van der Waals surface area contributed by atoms with E-state index < -0.39 is 0 Å². The summed E-state index contributed by atoms with van der Waals surface area (Å²) >= 11 is 3.51. The van der Waals surface area contributed by atoms with E-state index in [9.17, 15) is 10.5 Å². The molecular formula is C52H36N4S2+2. The molecule has 0 bridgehead atoms. The summed E-state index contributed by atoms with van der Waals surface area (Å²) in [5.74, 6) is 0. The summed E-state index contributed by atoms with van der Waals surface area (Å²) in [4.78, 5) is 0. The molecule has 4 nitrogen and oxygen atoms in total. The second-order valence-corrected chi connectivity index (χ2v) is 17.1. The standard InChI is InChI=1S/C52H36N4S2/c1-31-16-18-40-43-28-42(39(30-54)27-47(43)58-51(40)48(31)44-25-35(20-22-55(44)3)33-10-6-5-7-11-33)37-13-8-12-34(24-37)36-21-23-56(4)45(26-36)49-32(2)17-19-41-50-38(29-53)14-9-15-46(50)57-52(41)49/h5-28H,1-4H3/q+2. The number of hydrogen-bond donors (Lipinski definition) is 0. The molecule has 0 radical (unpaired) electrons. The normalized spacial score (nSPS) is 11.4. The Morgan fingerprint density at radius 3 is 1.72 bits per heavy atom. The number of benzene rings is 6. The molecule has 0 unspecified atom stereocenters. The fraction of sp³-hybridized carbons (Fsp3) is 0.0769. The van der Waals surface area contributed by atoms with Gasteiger partial charge in [-0.2, -0.15) is 10.5 Å². The molecule has 0 spiro atoms. The molecule has 0 atom stereocenters. The summed E-state index contributed by atoms with van der Waals surface area (Å²) in [6.07, 6.45) is 4.28. The van der Waals surface area contributed by atoms with Crippen LogP contribution in [0.1, 0.15) is 22.3 Å². The Kier molecular flexibility index (Phi) is 8.50. The number of aryl methyl sites for hydroxylation is 4. The van der Waals surface area contributed by atoms with Gasteiger partial charge in [0.15, 0.2) is 12.4 Å². The second kappa shape index (κ2) is 13.9. The van der Waals surface area contributed by atoms with Crippen molar-refractivity contribution in [2.24, 2.45) is 14.1 Å². The van der Waals surface area contributed by atoms with Crippen LogP contribution in [0.25, 0.3) is 96.2 Å². The van der Waals surface area contributed by atoms with Crippen LogP contribution in [0.5, 0.6) is 0 Å². The summed E-state index contributed by atoms with van der Waals surface area (Å²) in [6, 6.07) is 52.0. The average Bonchev–Trinajstić information content (AvgIpc) is 3.82. The molecule has 0 aliphatic carbocycles. The number of aromatic nitrogens is 2. The summed E-state index contributed by atoms with van der Waals surface area (Å²) in [7, 11) is 4.20. The van der Waals surface area contributed by atoms with E-state index >= 15 is 0 Å². The number of nitrogens with zero attached hydrogens (tertiary/aromatic N) is 4. The fourth-order valence-corrected chi connectivity index (χ4v) is 11.2. The van der Waals surface area contributed by atoms with Gasteiger partial charge in [0.25, 0.3) is 0 Å². The number of pyridine rings is 2. The molecule has 0 aliphatic heterocycles. The van der Waals surface area contributed by atoms with E-state index in [-0.39, 0.29) is 0 Å². The first-order valence-electron chi connectivity index (χ1n) is 19.2. The van der Waals surface area contributed by atoms with Crippen molar-refractivity contribution in [1.82, 2.24) is 0 Å². The zero-order valence-corrected chi connectivity index (χ0v) is 34.1. The van der Waals surface area contributed by atoms with Crippen molar-refractivity contribution < 1.29 is 9.13 Å². The van der Waals surface area contributed by atoms with Crippen LogP contribution in [-0.2, 0) is 14.1 Å². The summed E-state index contributed by atoms with van der Waals surface area (Å²) < 4.78 is 9.03. The number of nitriles is 2. The van der Waals surface area contributed by atoms with E-state index in [1.54, 1.807) is 22.7 Å². The Labute approximate surface area is 345 Å². The highest BCUT2D eigenvalue weighted by atomic mass is 32.1. The topological polar surface area (TPSA) is 55.3 Å². The molecule has 6 aromatic carbocycles. The SMILES string of the molecule is Cc1ccc2c(sc3cc(C#N)c(-c4cccc(-c5cc[n+](C)c(-c6c(C)ccc7c6sc6cccc(C#N)c67)c5)c4)cc32)c1-c1cc(-c2ccccc2)cc[n+]1C. The molecule has 274 valence electrons. The van der Waals surface area contributed by atoms with E-state index in [4.69, 9.17) is 0 Å². The lowest BCUT2D eigenvalue weighted by Gasteiger charge is -2.11. The monoisotopic (exact) mass is 780 g/mol. The zero-order chi connectivity index (χ0) is 39.7. The third kappa shape index (κ3) is 5.69. The number of rotatable bonds is 5. The Bertz CT molecular complexity index is 3410. The first-order valence-corrected chi connectivity index (χ1v) is 20.9. The average molecular weight is 781 g/mol. The minimum absolute atomic E-state index is 0.662. The van der Waals surface area contributed by atoms with Crippen molar-refractivity contribution in [3.8, 4) is 68.0 Å². The van der Waals surface area contributed by atoms with Crippen molar-refractivity contribution in [3.05, 3.63) is 168 Å². The van der Waals surface area contributed by atoms with Gasteiger partial charge in [-0.15, -0.1) is 22.7 Å². The third-order valence-corrected chi connectivity index (χ3v) is 13.9. The van der Waals surface area contributed by atoms with Crippen molar-refractivity contribution in [2.75, 3.05) is 0 Å². The molecule has 0 N–H and O–H groups in total. The minimum Gasteiger partial charge on any atom is -0.201 e. The van der Waals surface area contributed by atoms with Crippen LogP contribution in [0.15, 0.2) is 146 Å². The number of hydrogen-bond acceptors (Lipinski definition) is 4. The quantitative estimate of drug-likeness (QED) is 0.163. The maximum atomic E-state index is 10.6. The van der Waals surface area contributed by atoms with Crippen LogP contribution in [0, 0.1) is 36.5 Å². The lowest BCUT2D eigenvalue weighted by molar-refractivity contribution is -0.660. The molecule has 58 heavy (non-hydrogen) atoms. The highest BCUT2D eigenvalue weighted by Gasteiger charge is 2.23. The number of fused-ring (bicyclic) bond motifs is 6. The Morgan fingerprint density at radius 2 is 1.03 bits per heavy atom. The largest absolute Gasteiger partial charge is 0.214 e. The summed E-state index contributed by atoms with van der Waals surface area (Å²) in [5.41, 5.74) is 14.9. The predicted octanol–water partition coefficient (Wildman–Crippen LogP) is 12.8. The van der Waals surface area contributed by atoms with Gasteiger partial charge < -0.3 is 0 Å². The maximum Gasteiger partial charge on any atom is 0.214 e. The molecule has 0 saturated carbocycles. The lowest BCUT2D eigenvalue weighted by Crippen LogP contribution is -2.30. The van der Waals surface area contributed by atoms with Gasteiger partial charge in [-0.3, -0.25) is 0 Å². The molecule has 6 heteroatoms. The Balaban J connectivity index is 1.09. The zero-order valence-electron chi connectivity index (χ0n) is 32.5. The molecule has 10 aromatic rings. The first kappa shape index (κ1) is 35.5. The Morgan fingerprint density at radius 1 is 0.466 bits per heavy atom. The van der Waals surface area contributed by atoms with Crippen LogP contribution >= 0.6 is 22.7 Å². The third-order valence-electron chi connectivity index (χ3n) is 11.5. The molecule has 4 aromatic heterocycles. The van der Waals surface area contributed by atoms with Crippen LogP contribution in [0.3, 0.4) is 0 Å². The lowest BCUT2D eigenvalue weighted by atomic mass is 9.93. The van der Waals surface area contributed by atoms with Crippen LogP contribution < -0.4 is 9.13 Å². The molecular weight excluding hydrogens is 745 g/mol. The van der Waals surface area contributed by atoms with Crippen LogP contribution in [-0.4, -0.2) is 0 Å². The number of thiophene rings is 2. The van der Waals surface area contributed by atoms with E-state index in [1.807, 2.05) is 12.1 Å². The van der Waals surface area contributed by atoms with Crippen molar-refractivity contribution in [3.63, 3.8) is 0 Å². The smallest absolute Gasteiger partial charge is 0.201 e. The van der Waals surface area contributed by atoms with E-state index in [0.29, 0.717) is 11.1 Å².